The molecule has 0 aliphatic carbocycles. The van der Waals surface area contributed by atoms with Crippen LogP contribution in [0.4, 0.5) is 0 Å². The second-order valence-corrected chi connectivity index (χ2v) is 7.28. The number of rotatable bonds is 6. The van der Waals surface area contributed by atoms with Gasteiger partial charge in [0.2, 0.25) is 11.8 Å². The quantitative estimate of drug-likeness (QED) is 0.681. The highest BCUT2D eigenvalue weighted by molar-refractivity contribution is 5.93. The average molecular weight is 361 g/mol. The van der Waals surface area contributed by atoms with Crippen molar-refractivity contribution in [2.24, 2.45) is 11.8 Å². The van der Waals surface area contributed by atoms with Crippen LogP contribution in [0, 0.1) is 18.8 Å². The largest absolute Gasteiger partial charge is 0.383 e. The fourth-order valence-corrected chi connectivity index (χ4v) is 4.32. The van der Waals surface area contributed by atoms with Crippen LogP contribution >= 0.6 is 0 Å². The Bertz CT molecular complexity index is 760. The Labute approximate surface area is 151 Å². The van der Waals surface area contributed by atoms with Crippen LogP contribution in [0.2, 0.25) is 0 Å². The molecule has 2 saturated heterocycles. The Balaban J connectivity index is 1.52. The summed E-state index contributed by atoms with van der Waals surface area (Å²) >= 11 is 0. The third kappa shape index (κ3) is 2.55. The van der Waals surface area contributed by atoms with Gasteiger partial charge >= 0.3 is 0 Å². The van der Waals surface area contributed by atoms with E-state index in [9.17, 15) is 9.59 Å². The van der Waals surface area contributed by atoms with Crippen LogP contribution in [0.3, 0.4) is 0 Å². The van der Waals surface area contributed by atoms with Gasteiger partial charge in [-0.15, -0.1) is 0 Å². The van der Waals surface area contributed by atoms with E-state index in [1.807, 2.05) is 19.1 Å². The second kappa shape index (κ2) is 6.21. The number of hydrogen-bond acceptors (Lipinski definition) is 6. The number of ether oxygens (including phenoxy) is 2. The SMILES string of the molecule is COCCN1C[C@]23C=C[C@H](O2)C(C(=O)N(C)Cc2cc(C)on2)C3C1=O. The molecule has 3 aliphatic heterocycles. The van der Waals surface area contributed by atoms with E-state index in [1.54, 1.807) is 30.0 Å². The number of carbonyl (C=O) groups excluding carboxylic acids is 2. The van der Waals surface area contributed by atoms with Gasteiger partial charge in [0.05, 0.1) is 37.6 Å². The van der Waals surface area contributed by atoms with Crippen molar-refractivity contribution < 1.29 is 23.6 Å². The fraction of sp³-hybridized carbons (Fsp3) is 0.611. The third-order valence-electron chi connectivity index (χ3n) is 5.48. The Morgan fingerprint density at radius 3 is 3.04 bits per heavy atom. The molecule has 1 aromatic heterocycles. The van der Waals surface area contributed by atoms with E-state index in [1.165, 1.54) is 0 Å². The van der Waals surface area contributed by atoms with Gasteiger partial charge in [0, 0.05) is 26.8 Å². The molecule has 2 fully saturated rings. The molecule has 0 saturated carbocycles. The normalized spacial score (nSPS) is 31.7. The number of likely N-dealkylation sites (tertiary alicyclic amines) is 1. The summed E-state index contributed by atoms with van der Waals surface area (Å²) in [6.45, 7) is 3.59. The summed E-state index contributed by atoms with van der Waals surface area (Å²) in [5.41, 5.74) is 0.00775. The molecule has 4 heterocycles. The fourth-order valence-electron chi connectivity index (χ4n) is 4.32. The van der Waals surface area contributed by atoms with Crippen LogP contribution in [0.15, 0.2) is 22.7 Å². The van der Waals surface area contributed by atoms with E-state index >= 15 is 0 Å². The van der Waals surface area contributed by atoms with E-state index in [2.05, 4.69) is 5.16 Å². The second-order valence-electron chi connectivity index (χ2n) is 7.28. The number of carbonyl (C=O) groups is 2. The first kappa shape index (κ1) is 17.2. The minimum Gasteiger partial charge on any atom is -0.383 e. The monoisotopic (exact) mass is 361 g/mol. The van der Waals surface area contributed by atoms with Gasteiger partial charge in [0.25, 0.3) is 0 Å². The lowest BCUT2D eigenvalue weighted by Crippen LogP contribution is -2.44. The van der Waals surface area contributed by atoms with Crippen molar-refractivity contribution in [1.82, 2.24) is 15.0 Å². The molecule has 2 amide bonds. The highest BCUT2D eigenvalue weighted by Crippen LogP contribution is 2.52. The number of amides is 2. The molecule has 0 aromatic carbocycles. The molecule has 1 aromatic rings. The predicted molar refractivity (Wildman–Crippen MR) is 89.9 cm³/mol. The topological polar surface area (TPSA) is 85.1 Å². The van der Waals surface area contributed by atoms with Crippen molar-refractivity contribution in [1.29, 1.82) is 0 Å². The van der Waals surface area contributed by atoms with Crippen LogP contribution in [0.25, 0.3) is 0 Å². The molecule has 0 radical (unpaired) electrons. The van der Waals surface area contributed by atoms with Crippen molar-refractivity contribution in [2.75, 3.05) is 33.9 Å². The molecule has 4 atom stereocenters. The molecular weight excluding hydrogens is 338 g/mol. The van der Waals surface area contributed by atoms with Crippen LogP contribution in [-0.2, 0) is 25.6 Å². The van der Waals surface area contributed by atoms with Gasteiger partial charge in [0.1, 0.15) is 17.1 Å². The average Bonchev–Trinajstić information content (AvgIpc) is 3.34. The molecule has 8 heteroatoms. The Hall–Kier alpha value is -2.19. The molecule has 2 bridgehead atoms. The lowest BCUT2D eigenvalue weighted by Gasteiger charge is -2.27. The number of methoxy groups -OCH3 is 1. The standard InChI is InChI=1S/C18H23N3O5/c1-11-8-12(19-26-11)9-20(2)16(22)14-13-4-5-18(25-13)10-21(6-7-24-3)17(23)15(14)18/h4-5,8,13-15H,6-7,9-10H2,1-3H3/t13-,14?,15?,18-/m0/s1. The molecule has 2 unspecified atom stereocenters. The summed E-state index contributed by atoms with van der Waals surface area (Å²) in [6, 6.07) is 1.80. The van der Waals surface area contributed by atoms with E-state index in [4.69, 9.17) is 14.0 Å². The zero-order chi connectivity index (χ0) is 18.5. The Morgan fingerprint density at radius 2 is 2.35 bits per heavy atom. The highest BCUT2D eigenvalue weighted by Gasteiger charge is 2.66. The van der Waals surface area contributed by atoms with Crippen LogP contribution in [-0.4, -0.2) is 72.3 Å². The molecule has 26 heavy (non-hydrogen) atoms. The maximum absolute atomic E-state index is 13.1. The van der Waals surface area contributed by atoms with E-state index in [0.29, 0.717) is 37.7 Å². The minimum atomic E-state index is -0.679. The van der Waals surface area contributed by atoms with Gasteiger partial charge in [-0.1, -0.05) is 17.3 Å². The molecule has 8 nitrogen and oxygen atoms in total. The van der Waals surface area contributed by atoms with Crippen molar-refractivity contribution in [3.8, 4) is 0 Å². The number of hydrogen-bond donors (Lipinski definition) is 0. The van der Waals surface area contributed by atoms with Gasteiger partial charge in [-0.05, 0) is 6.92 Å². The Kier molecular flexibility index (Phi) is 4.11. The van der Waals surface area contributed by atoms with Gasteiger partial charge in [-0.3, -0.25) is 9.59 Å². The van der Waals surface area contributed by atoms with Gasteiger partial charge in [0.15, 0.2) is 0 Å². The summed E-state index contributed by atoms with van der Waals surface area (Å²) < 4.78 is 16.3. The zero-order valence-corrected chi connectivity index (χ0v) is 15.2. The van der Waals surface area contributed by atoms with E-state index in [0.717, 1.165) is 0 Å². The summed E-state index contributed by atoms with van der Waals surface area (Å²) in [5.74, 6) is -0.404. The smallest absolute Gasteiger partial charge is 0.230 e. The van der Waals surface area contributed by atoms with E-state index in [-0.39, 0.29) is 17.9 Å². The molecule has 4 rings (SSSR count). The summed E-state index contributed by atoms with van der Waals surface area (Å²) in [5, 5.41) is 3.94. The van der Waals surface area contributed by atoms with Crippen LogP contribution < -0.4 is 0 Å². The first-order valence-electron chi connectivity index (χ1n) is 8.77. The summed E-state index contributed by atoms with van der Waals surface area (Å²) in [7, 11) is 3.32. The number of aromatic nitrogens is 1. The minimum absolute atomic E-state index is 0.0297. The molecule has 140 valence electrons. The van der Waals surface area contributed by atoms with Crippen molar-refractivity contribution in [3.63, 3.8) is 0 Å². The number of nitrogens with zero attached hydrogens (tertiary/aromatic N) is 3. The van der Waals surface area contributed by atoms with Crippen molar-refractivity contribution in [2.45, 2.75) is 25.2 Å². The van der Waals surface area contributed by atoms with E-state index < -0.39 is 17.4 Å². The molecule has 3 aliphatic rings. The molecular formula is C18H23N3O5. The van der Waals surface area contributed by atoms with Gasteiger partial charge < -0.3 is 23.8 Å². The number of fused-ring (bicyclic) bond motifs is 1. The van der Waals surface area contributed by atoms with Crippen molar-refractivity contribution in [3.05, 3.63) is 29.7 Å². The van der Waals surface area contributed by atoms with Gasteiger partial charge in [-0.2, -0.15) is 0 Å². The molecule has 1 spiro atoms. The van der Waals surface area contributed by atoms with Gasteiger partial charge in [-0.25, -0.2) is 0 Å². The zero-order valence-electron chi connectivity index (χ0n) is 15.2. The van der Waals surface area contributed by atoms with Crippen LogP contribution in [0.1, 0.15) is 11.5 Å². The maximum atomic E-state index is 13.1. The predicted octanol–water partition coefficient (Wildman–Crippen LogP) is 0.370. The first-order chi connectivity index (χ1) is 12.4. The maximum Gasteiger partial charge on any atom is 0.230 e. The highest BCUT2D eigenvalue weighted by atomic mass is 16.5. The molecule has 0 N–H and O–H groups in total. The van der Waals surface area contributed by atoms with Crippen LogP contribution in [0.5, 0.6) is 0 Å². The van der Waals surface area contributed by atoms with Crippen molar-refractivity contribution >= 4 is 11.8 Å². The number of aryl methyl sites for hydroxylation is 1. The first-order valence-corrected chi connectivity index (χ1v) is 8.77. The lowest BCUT2D eigenvalue weighted by molar-refractivity contribution is -0.142. The third-order valence-corrected chi connectivity index (χ3v) is 5.48. The summed E-state index contributed by atoms with van der Waals surface area (Å²) in [4.78, 5) is 29.4. The Morgan fingerprint density at radius 1 is 1.54 bits per heavy atom. The summed E-state index contributed by atoms with van der Waals surface area (Å²) in [6.07, 6.45) is 3.53. The lowest BCUT2D eigenvalue weighted by atomic mass is 9.76.